The van der Waals surface area contributed by atoms with Gasteiger partial charge in [-0.2, -0.15) is 0 Å². The summed E-state index contributed by atoms with van der Waals surface area (Å²) >= 11 is 0. The average molecular weight is 187 g/mol. The monoisotopic (exact) mass is 187 g/mol. The van der Waals surface area contributed by atoms with Crippen LogP contribution in [0.25, 0.3) is 0 Å². The number of anilines is 1. The first-order valence-electron chi connectivity index (χ1n) is 5.29. The van der Waals surface area contributed by atoms with Crippen molar-refractivity contribution < 1.29 is 0 Å². The topological polar surface area (TPSA) is 3.24 Å². The van der Waals surface area contributed by atoms with Gasteiger partial charge in [-0.25, -0.2) is 0 Å². The van der Waals surface area contributed by atoms with Gasteiger partial charge in [-0.15, -0.1) is 0 Å². The molecule has 74 valence electrons. The van der Waals surface area contributed by atoms with Crippen LogP contribution in [-0.2, 0) is 0 Å². The molecular formula is C13H17N. The van der Waals surface area contributed by atoms with Gasteiger partial charge >= 0.3 is 0 Å². The van der Waals surface area contributed by atoms with Crippen molar-refractivity contribution in [3.8, 4) is 0 Å². The largest absolute Gasteiger partial charge is 0.363 e. The molecule has 14 heavy (non-hydrogen) atoms. The van der Waals surface area contributed by atoms with Crippen LogP contribution in [-0.4, -0.2) is 13.1 Å². The average Bonchev–Trinajstić information content (AvgIpc) is 2.12. The number of benzene rings is 1. The molecule has 1 fully saturated rings. The molecule has 0 saturated carbocycles. The number of hydrogen-bond acceptors (Lipinski definition) is 1. The summed E-state index contributed by atoms with van der Waals surface area (Å²) in [6.07, 6.45) is 3.51. The van der Waals surface area contributed by atoms with Gasteiger partial charge in [-0.3, -0.25) is 0 Å². The molecule has 0 radical (unpaired) electrons. The van der Waals surface area contributed by atoms with Crippen LogP contribution in [0.4, 0.5) is 5.69 Å². The van der Waals surface area contributed by atoms with Gasteiger partial charge in [0.25, 0.3) is 0 Å². The maximum Gasteiger partial charge on any atom is 0.0409 e. The lowest BCUT2D eigenvalue weighted by molar-refractivity contribution is 0.761. The van der Waals surface area contributed by atoms with E-state index in [4.69, 9.17) is 0 Å². The molecule has 2 rings (SSSR count). The maximum atomic E-state index is 2.43. The Morgan fingerprint density at radius 3 is 2.64 bits per heavy atom. The molecule has 1 aromatic rings. The van der Waals surface area contributed by atoms with Gasteiger partial charge in [0.15, 0.2) is 0 Å². The summed E-state index contributed by atoms with van der Waals surface area (Å²) in [6.45, 7) is 6.62. The molecular weight excluding hydrogens is 170 g/mol. The molecule has 0 unspecified atom stereocenters. The number of para-hydroxylation sites is 1. The second kappa shape index (κ2) is 3.87. The first kappa shape index (κ1) is 9.32. The Morgan fingerprint density at radius 2 is 2.00 bits per heavy atom. The van der Waals surface area contributed by atoms with E-state index in [1.807, 2.05) is 0 Å². The van der Waals surface area contributed by atoms with Gasteiger partial charge in [0.2, 0.25) is 0 Å². The van der Waals surface area contributed by atoms with Gasteiger partial charge in [-0.05, 0) is 30.5 Å². The molecule has 0 aliphatic carbocycles. The Kier molecular flexibility index (Phi) is 2.58. The summed E-state index contributed by atoms with van der Waals surface area (Å²) in [6, 6.07) is 8.60. The van der Waals surface area contributed by atoms with Crippen molar-refractivity contribution >= 4 is 5.69 Å². The van der Waals surface area contributed by atoms with Crippen molar-refractivity contribution in [2.24, 2.45) is 0 Å². The fourth-order valence-electron chi connectivity index (χ4n) is 1.95. The molecule has 0 spiro atoms. The minimum absolute atomic E-state index is 1.12. The summed E-state index contributed by atoms with van der Waals surface area (Å²) in [5.74, 6) is 0. The van der Waals surface area contributed by atoms with E-state index < -0.39 is 0 Å². The van der Waals surface area contributed by atoms with Gasteiger partial charge in [-0.1, -0.05) is 31.2 Å². The smallest absolute Gasteiger partial charge is 0.0409 e. The molecule has 1 aliphatic heterocycles. The highest BCUT2D eigenvalue weighted by atomic mass is 15.2. The highest BCUT2D eigenvalue weighted by Gasteiger charge is 2.20. The molecule has 1 aromatic carbocycles. The van der Waals surface area contributed by atoms with Gasteiger partial charge in [0.05, 0.1) is 0 Å². The van der Waals surface area contributed by atoms with E-state index in [1.54, 1.807) is 5.57 Å². The summed E-state index contributed by atoms with van der Waals surface area (Å²) in [5, 5.41) is 0. The Hall–Kier alpha value is -1.24. The van der Waals surface area contributed by atoms with Crippen LogP contribution >= 0.6 is 0 Å². The maximum absolute atomic E-state index is 2.43. The summed E-state index contributed by atoms with van der Waals surface area (Å²) < 4.78 is 0. The quantitative estimate of drug-likeness (QED) is 0.643. The zero-order chi connectivity index (χ0) is 9.97. The number of rotatable bonds is 2. The lowest BCUT2D eigenvalue weighted by Gasteiger charge is -2.37. The van der Waals surface area contributed by atoms with Crippen molar-refractivity contribution in [3.63, 3.8) is 0 Å². The molecule has 0 aromatic heterocycles. The second-order valence-corrected chi connectivity index (χ2v) is 3.91. The third kappa shape index (κ3) is 1.67. The highest BCUT2D eigenvalue weighted by molar-refractivity contribution is 5.58. The normalized spacial score (nSPS) is 15.3. The SMILES string of the molecule is CCC=C1CN(c2ccccc2C)C1. The molecule has 1 aliphatic rings. The standard InChI is InChI=1S/C13H17N/c1-3-6-12-9-14(10-12)13-8-5-4-7-11(13)2/h4-8H,3,9-10H2,1-2H3. The van der Waals surface area contributed by atoms with E-state index in [2.05, 4.69) is 49.1 Å². The third-order valence-electron chi connectivity index (χ3n) is 2.74. The molecule has 0 N–H and O–H groups in total. The van der Waals surface area contributed by atoms with E-state index in [1.165, 1.54) is 11.3 Å². The summed E-state index contributed by atoms with van der Waals surface area (Å²) in [4.78, 5) is 2.43. The second-order valence-electron chi connectivity index (χ2n) is 3.91. The van der Waals surface area contributed by atoms with Crippen LogP contribution in [0.5, 0.6) is 0 Å². The number of nitrogens with zero attached hydrogens (tertiary/aromatic N) is 1. The molecule has 1 saturated heterocycles. The summed E-state index contributed by atoms with van der Waals surface area (Å²) in [7, 11) is 0. The fourth-order valence-corrected chi connectivity index (χ4v) is 1.95. The first-order chi connectivity index (χ1) is 6.81. The Morgan fingerprint density at radius 1 is 1.29 bits per heavy atom. The predicted octanol–water partition coefficient (Wildman–Crippen LogP) is 3.15. The van der Waals surface area contributed by atoms with Gasteiger partial charge in [0, 0.05) is 18.8 Å². The summed E-state index contributed by atoms with van der Waals surface area (Å²) in [5.41, 5.74) is 4.35. The van der Waals surface area contributed by atoms with Crippen LogP contribution in [0.15, 0.2) is 35.9 Å². The minimum Gasteiger partial charge on any atom is -0.363 e. The number of hydrogen-bond donors (Lipinski definition) is 0. The van der Waals surface area contributed by atoms with Gasteiger partial charge < -0.3 is 4.90 Å². The lowest BCUT2D eigenvalue weighted by Crippen LogP contribution is -2.40. The molecule has 0 amide bonds. The lowest BCUT2D eigenvalue weighted by atomic mass is 10.0. The predicted molar refractivity (Wildman–Crippen MR) is 61.8 cm³/mol. The molecule has 1 heteroatoms. The Balaban J connectivity index is 2.07. The highest BCUT2D eigenvalue weighted by Crippen LogP contribution is 2.26. The number of aryl methyl sites for hydroxylation is 1. The minimum atomic E-state index is 1.12. The van der Waals surface area contributed by atoms with Crippen LogP contribution in [0, 0.1) is 6.92 Å². The van der Waals surface area contributed by atoms with Gasteiger partial charge in [0.1, 0.15) is 0 Å². The molecule has 1 heterocycles. The zero-order valence-corrected chi connectivity index (χ0v) is 8.96. The van der Waals surface area contributed by atoms with E-state index in [0.717, 1.165) is 19.5 Å². The number of allylic oxidation sites excluding steroid dienone is 1. The third-order valence-corrected chi connectivity index (χ3v) is 2.74. The first-order valence-corrected chi connectivity index (χ1v) is 5.29. The Bertz CT molecular complexity index is 344. The van der Waals surface area contributed by atoms with Crippen molar-refractivity contribution in [2.75, 3.05) is 18.0 Å². The van der Waals surface area contributed by atoms with Crippen LogP contribution in [0.1, 0.15) is 18.9 Å². The fraction of sp³-hybridized carbons (Fsp3) is 0.385. The molecule has 0 bridgehead atoms. The van der Waals surface area contributed by atoms with Crippen molar-refractivity contribution in [1.82, 2.24) is 0 Å². The van der Waals surface area contributed by atoms with Crippen LogP contribution < -0.4 is 4.90 Å². The van der Waals surface area contributed by atoms with Crippen molar-refractivity contribution in [2.45, 2.75) is 20.3 Å². The van der Waals surface area contributed by atoms with E-state index in [-0.39, 0.29) is 0 Å². The van der Waals surface area contributed by atoms with Crippen molar-refractivity contribution in [1.29, 1.82) is 0 Å². The van der Waals surface area contributed by atoms with Crippen LogP contribution in [0.2, 0.25) is 0 Å². The van der Waals surface area contributed by atoms with E-state index in [9.17, 15) is 0 Å². The van der Waals surface area contributed by atoms with E-state index >= 15 is 0 Å². The van der Waals surface area contributed by atoms with Crippen molar-refractivity contribution in [3.05, 3.63) is 41.5 Å². The zero-order valence-electron chi connectivity index (χ0n) is 8.96. The van der Waals surface area contributed by atoms with Crippen LogP contribution in [0.3, 0.4) is 0 Å². The molecule has 0 atom stereocenters. The van der Waals surface area contributed by atoms with E-state index in [0.29, 0.717) is 0 Å². The Labute approximate surface area is 86.1 Å². The molecule has 1 nitrogen and oxygen atoms in total.